The molecule has 0 radical (unpaired) electrons. The van der Waals surface area contributed by atoms with Gasteiger partial charge in [0.25, 0.3) is 0 Å². The Morgan fingerprint density at radius 1 is 0.111 bits per heavy atom. The lowest BCUT2D eigenvalue weighted by Crippen LogP contribution is -1.92. The van der Waals surface area contributed by atoms with Crippen LogP contribution in [0, 0.1) is 0 Å². The Hall–Kier alpha value is -4.14. The maximum atomic E-state index is 5.41. The number of hydrogen-bond acceptors (Lipinski definition) is 9. The molecule has 0 atom stereocenters. The third-order valence-electron chi connectivity index (χ3n) is 22.6. The van der Waals surface area contributed by atoms with Crippen molar-refractivity contribution in [3.8, 4) is 0 Å². The molecule has 0 N–H and O–H groups in total. The highest BCUT2D eigenvalue weighted by Crippen LogP contribution is 2.25. The topological polar surface area (TPSA) is 83.1 Å². The molecular weight excluding hydrogens is 1330 g/mol. The average Bonchev–Trinajstić information content (AvgIpc) is 1.71. The van der Waals surface area contributed by atoms with Crippen LogP contribution in [0.1, 0.15) is 462 Å². The predicted octanol–water partition coefficient (Wildman–Crippen LogP) is 32.9. The van der Waals surface area contributed by atoms with Crippen LogP contribution in [-0.4, -0.2) is 64.0 Å². The summed E-state index contributed by atoms with van der Waals surface area (Å²) in [5.74, 6) is 10.8. The van der Waals surface area contributed by atoms with Gasteiger partial charge in [-0.3, -0.25) is 0 Å². The van der Waals surface area contributed by atoms with E-state index in [9.17, 15) is 0 Å². The summed E-state index contributed by atoms with van der Waals surface area (Å²) >= 11 is 0. The van der Waals surface area contributed by atoms with Gasteiger partial charge in [-0.25, -0.2) is 0 Å². The van der Waals surface area contributed by atoms with E-state index >= 15 is 0 Å². The van der Waals surface area contributed by atoms with Gasteiger partial charge in [-0.15, -0.1) is 0 Å². The summed E-state index contributed by atoms with van der Waals surface area (Å²) in [5.41, 5.74) is 0. The Labute approximate surface area is 671 Å². The van der Waals surface area contributed by atoms with Gasteiger partial charge in [0.1, 0.15) is 0 Å². The summed E-state index contributed by atoms with van der Waals surface area (Å²) in [6.07, 6.45) is 116. The van der Waals surface area contributed by atoms with Crippen LogP contribution in [0.15, 0.2) is 107 Å². The van der Waals surface area contributed by atoms with E-state index in [1.165, 1.54) is 456 Å². The second kappa shape index (κ2) is 83.8. The lowest BCUT2D eigenvalue weighted by atomic mass is 10.0. The minimum atomic E-state index is 1.15. The SMILES string of the molecule is CO/C1=C/CCCCCC1.CO/C1=C/CCCCCCC1.CO/C1=C/CCCCCCCC1.CO/C1=C/CCCCCCCCC1.CO/C1=C/CCCCCCCCCC1.CO/C1=C/CCCCCCCCCCC1.CO/C1=C/CCCCCCCCCCCC1.COC1=CCCCC1.COC1=CCCCCC1. The van der Waals surface area contributed by atoms with Crippen LogP contribution < -0.4 is 0 Å². The van der Waals surface area contributed by atoms with E-state index in [1.54, 1.807) is 49.8 Å². The Bertz CT molecular complexity index is 2210. The van der Waals surface area contributed by atoms with Crippen LogP contribution in [0.5, 0.6) is 0 Å². The van der Waals surface area contributed by atoms with Crippen LogP contribution in [0.4, 0.5) is 0 Å². The van der Waals surface area contributed by atoms with E-state index < -0.39 is 0 Å². The van der Waals surface area contributed by atoms with Crippen molar-refractivity contribution in [2.75, 3.05) is 64.0 Å². The van der Waals surface area contributed by atoms with Gasteiger partial charge in [0.2, 0.25) is 0 Å². The molecule has 9 aliphatic carbocycles. The van der Waals surface area contributed by atoms with Crippen LogP contribution in [-0.2, 0) is 42.6 Å². The van der Waals surface area contributed by atoms with Gasteiger partial charge in [0.05, 0.1) is 116 Å². The van der Waals surface area contributed by atoms with E-state index in [2.05, 4.69) is 54.7 Å². The maximum absolute atomic E-state index is 5.41. The summed E-state index contributed by atoms with van der Waals surface area (Å²) < 4.78 is 47.4. The molecule has 0 aliphatic heterocycles. The Balaban J connectivity index is 0.000000611. The molecule has 0 bridgehead atoms. The van der Waals surface area contributed by atoms with E-state index in [0.717, 1.165) is 57.8 Å². The zero-order valence-electron chi connectivity index (χ0n) is 73.3. The third-order valence-corrected chi connectivity index (χ3v) is 22.6. The van der Waals surface area contributed by atoms with Crippen molar-refractivity contribution in [1.82, 2.24) is 0 Å². The minimum Gasteiger partial charge on any atom is -0.501 e. The molecule has 108 heavy (non-hydrogen) atoms. The van der Waals surface area contributed by atoms with Gasteiger partial charge in [0, 0.05) is 57.8 Å². The molecule has 9 heteroatoms. The molecule has 9 rings (SSSR count). The van der Waals surface area contributed by atoms with Gasteiger partial charge >= 0.3 is 0 Å². The molecular formula is C99H180O9. The fourth-order valence-electron chi connectivity index (χ4n) is 15.3. The van der Waals surface area contributed by atoms with Crippen molar-refractivity contribution in [3.63, 3.8) is 0 Å². The number of allylic oxidation sites excluding steroid dienone is 18. The molecule has 0 aromatic heterocycles. The number of rotatable bonds is 9. The van der Waals surface area contributed by atoms with Crippen molar-refractivity contribution in [1.29, 1.82) is 0 Å². The van der Waals surface area contributed by atoms with E-state index in [-0.39, 0.29) is 0 Å². The fraction of sp³-hybridized carbons (Fsp3) is 0.818. The summed E-state index contributed by atoms with van der Waals surface area (Å²) in [6, 6.07) is 0. The van der Waals surface area contributed by atoms with Crippen LogP contribution in [0.25, 0.3) is 0 Å². The van der Waals surface area contributed by atoms with Gasteiger partial charge in [0.15, 0.2) is 0 Å². The monoisotopic (exact) mass is 1510 g/mol. The maximum Gasteiger partial charge on any atom is 0.0915 e. The molecule has 0 heterocycles. The fourth-order valence-corrected chi connectivity index (χ4v) is 15.3. The number of ether oxygens (including phenoxy) is 9. The highest BCUT2D eigenvalue weighted by atomic mass is 16.5. The molecule has 0 spiro atoms. The minimum absolute atomic E-state index is 1.15. The second-order valence-corrected chi connectivity index (χ2v) is 31.8. The first-order chi connectivity index (χ1) is 53.4. The first-order valence-corrected chi connectivity index (χ1v) is 46.5. The van der Waals surface area contributed by atoms with Crippen molar-refractivity contribution >= 4 is 0 Å². The normalized spacial score (nSPS) is 24.6. The smallest absolute Gasteiger partial charge is 0.0915 e. The van der Waals surface area contributed by atoms with Gasteiger partial charge in [-0.1, -0.05) is 231 Å². The standard InChI is InChI=1S/C15H28O.C14H26O.C13H24O.C12H22O.C11H20O.C10H18O.C9H16O.C8H14O.C7H12O/c1-16-15-13-11-9-7-5-3-2-4-6-8-10-12-14-15;1-15-14-12-10-8-6-4-2-3-5-7-9-11-13-14;1-14-13-11-9-7-5-3-2-4-6-8-10-12-13;1-13-12-10-8-6-4-2-3-5-7-9-11-12;1-12-11-9-7-5-3-2-4-6-8-10-11;1-11-10-8-6-4-2-3-5-7-9-10;1-10-9-7-5-3-2-4-6-8-9;1-9-8-6-4-2-3-5-7-8;1-8-7-5-3-2-4-6-7/h13H,2-12,14H2,1H3;12H,2-11,13H2,1H3;11H,2-10,12H2,1H3;10H,2-9,11H2,1H3;9H,2-8,10H2,1H3;8H,2-7,9H2,1H3;7H,2-6,8H2,1H3;6H,2-5,7H2,1H3;5H,2-4,6H2,1H3/b15-13+;14-12+;13-11+;12-10+;11-9+;10-8+;9-7+;;. The summed E-state index contributed by atoms with van der Waals surface area (Å²) in [4.78, 5) is 0. The first kappa shape index (κ1) is 102. The second-order valence-electron chi connectivity index (χ2n) is 31.8. The summed E-state index contributed by atoms with van der Waals surface area (Å²) in [6.45, 7) is 0. The molecule has 0 aromatic rings. The molecule has 9 aliphatic rings. The highest BCUT2D eigenvalue weighted by molar-refractivity contribution is 4.99. The number of hydrogen-bond donors (Lipinski definition) is 0. The zero-order valence-corrected chi connectivity index (χ0v) is 73.3. The lowest BCUT2D eigenvalue weighted by molar-refractivity contribution is 0.266. The molecule has 9 nitrogen and oxygen atoms in total. The lowest BCUT2D eigenvalue weighted by Gasteiger charge is -2.09. The van der Waals surface area contributed by atoms with Crippen LogP contribution >= 0.6 is 0 Å². The van der Waals surface area contributed by atoms with Crippen LogP contribution in [0.2, 0.25) is 0 Å². The van der Waals surface area contributed by atoms with E-state index in [4.69, 9.17) is 42.6 Å². The molecule has 0 saturated carbocycles. The van der Waals surface area contributed by atoms with Crippen molar-refractivity contribution in [3.05, 3.63) is 107 Å². The Morgan fingerprint density at radius 3 is 0.287 bits per heavy atom. The molecule has 0 aromatic carbocycles. The zero-order chi connectivity index (χ0) is 77.8. The average molecular weight is 1510 g/mol. The van der Waals surface area contributed by atoms with Crippen molar-refractivity contribution in [2.24, 2.45) is 0 Å². The van der Waals surface area contributed by atoms with E-state index in [0.29, 0.717) is 0 Å². The van der Waals surface area contributed by atoms with Gasteiger partial charge in [-0.2, -0.15) is 0 Å². The molecule has 0 saturated heterocycles. The Kier molecular flexibility index (Phi) is 79.0. The number of methoxy groups -OCH3 is 9. The molecule has 0 amide bonds. The third kappa shape index (κ3) is 69.8. The summed E-state index contributed by atoms with van der Waals surface area (Å²) in [5, 5.41) is 0. The quantitative estimate of drug-likeness (QED) is 0.224. The Morgan fingerprint density at radius 2 is 0.185 bits per heavy atom. The highest BCUT2D eigenvalue weighted by Gasteiger charge is 2.08. The van der Waals surface area contributed by atoms with Gasteiger partial charge in [-0.05, 0) is 228 Å². The molecule has 630 valence electrons. The van der Waals surface area contributed by atoms with Crippen molar-refractivity contribution in [2.45, 2.75) is 462 Å². The molecule has 0 fully saturated rings. The summed E-state index contributed by atoms with van der Waals surface area (Å²) in [7, 11) is 16.1. The van der Waals surface area contributed by atoms with Crippen LogP contribution in [0.3, 0.4) is 0 Å². The predicted molar refractivity (Wildman–Crippen MR) is 468 cm³/mol. The molecule has 0 unspecified atom stereocenters. The largest absolute Gasteiger partial charge is 0.501 e. The van der Waals surface area contributed by atoms with E-state index in [1.807, 2.05) is 14.2 Å². The first-order valence-electron chi connectivity index (χ1n) is 46.5. The van der Waals surface area contributed by atoms with Gasteiger partial charge < -0.3 is 42.6 Å². The van der Waals surface area contributed by atoms with Crippen molar-refractivity contribution < 1.29 is 42.6 Å².